The molecule has 0 aliphatic heterocycles. The molecule has 6 heteroatoms. The van der Waals surface area contributed by atoms with Gasteiger partial charge in [0, 0.05) is 10.8 Å². The largest absolute Gasteiger partial charge is 0.192 e. The summed E-state index contributed by atoms with van der Waals surface area (Å²) in [6.45, 7) is 0. The molecule has 0 unspecified atom stereocenters. The molecule has 3 nitrogen and oxygen atoms in total. The van der Waals surface area contributed by atoms with Gasteiger partial charge >= 0.3 is 0 Å². The van der Waals surface area contributed by atoms with Gasteiger partial charge in [-0.1, -0.05) is 40.8 Å². The van der Waals surface area contributed by atoms with Crippen LogP contribution in [0.15, 0.2) is 28.0 Å². The van der Waals surface area contributed by atoms with Crippen LogP contribution in [0.1, 0.15) is 11.1 Å². The summed E-state index contributed by atoms with van der Waals surface area (Å²) in [4.78, 5) is 0. The summed E-state index contributed by atoms with van der Waals surface area (Å²) in [5.41, 5.74) is 3.28. The minimum atomic E-state index is 0.578. The molecule has 2 rings (SSSR count). The zero-order valence-electron chi connectivity index (χ0n) is 8.05. The lowest BCUT2D eigenvalue weighted by molar-refractivity contribution is 1.01. The molecule has 2 aromatic rings. The van der Waals surface area contributed by atoms with Crippen LogP contribution in [0.2, 0.25) is 5.02 Å². The molecule has 80 valence electrons. The van der Waals surface area contributed by atoms with Gasteiger partial charge in [-0.05, 0) is 17.7 Å². The maximum atomic E-state index is 8.70. The number of rotatable bonds is 3. The maximum absolute atomic E-state index is 8.70. The van der Waals surface area contributed by atoms with Gasteiger partial charge in [0.15, 0.2) is 4.34 Å². The molecule has 1 aromatic carbocycles. The van der Waals surface area contributed by atoms with Crippen LogP contribution in [0.25, 0.3) is 0 Å². The second-order valence-corrected chi connectivity index (χ2v) is 5.37. The van der Waals surface area contributed by atoms with Crippen LogP contribution in [0.3, 0.4) is 0 Å². The van der Waals surface area contributed by atoms with E-state index in [1.165, 1.54) is 11.3 Å². The normalized spacial score (nSPS) is 10.0. The molecule has 0 N–H and O–H groups in total. The Hall–Kier alpha value is -1.09. The van der Waals surface area contributed by atoms with Gasteiger partial charge in [0.25, 0.3) is 0 Å². The molecule has 0 saturated heterocycles. The Kier molecular flexibility index (Phi) is 3.78. The Balaban J connectivity index is 2.08. The first-order valence-corrected chi connectivity index (χ1v) is 6.61. The number of hydrogen-bond acceptors (Lipinski definition) is 5. The minimum Gasteiger partial charge on any atom is -0.192 e. The Morgan fingerprint density at radius 1 is 1.50 bits per heavy atom. The summed E-state index contributed by atoms with van der Waals surface area (Å²) in [6.07, 6.45) is 0. The highest BCUT2D eigenvalue weighted by atomic mass is 35.5. The van der Waals surface area contributed by atoms with Crippen LogP contribution >= 0.6 is 34.7 Å². The molecule has 0 atom stereocenters. The predicted octanol–water partition coefficient (Wildman–Crippen LogP) is 3.36. The number of nitriles is 1. The Bertz CT molecular complexity index is 519. The first-order chi connectivity index (χ1) is 7.79. The second kappa shape index (κ2) is 5.30. The summed E-state index contributed by atoms with van der Waals surface area (Å²) in [5, 5.41) is 17.0. The standard InChI is InChI=1S/C10H6ClN3S2/c11-9-3-7(4-12)1-2-8(9)5-15-10-14-13-6-16-10/h1-3,6H,5H2. The van der Waals surface area contributed by atoms with E-state index in [-0.39, 0.29) is 0 Å². The van der Waals surface area contributed by atoms with Crippen LogP contribution in [0.4, 0.5) is 0 Å². The predicted molar refractivity (Wildman–Crippen MR) is 65.6 cm³/mol. The van der Waals surface area contributed by atoms with Crippen molar-refractivity contribution in [1.82, 2.24) is 10.2 Å². The molecule has 0 aliphatic rings. The summed E-state index contributed by atoms with van der Waals surface area (Å²) < 4.78 is 0.917. The second-order valence-electron chi connectivity index (χ2n) is 2.91. The third kappa shape index (κ3) is 2.73. The third-order valence-corrected chi connectivity index (χ3v) is 4.13. The fraction of sp³-hybridized carbons (Fsp3) is 0.100. The average Bonchev–Trinajstić information content (AvgIpc) is 2.80. The van der Waals surface area contributed by atoms with Gasteiger partial charge < -0.3 is 0 Å². The Labute approximate surface area is 106 Å². The molecule has 0 aliphatic carbocycles. The number of halogens is 1. The number of benzene rings is 1. The van der Waals surface area contributed by atoms with Gasteiger partial charge in [-0.3, -0.25) is 0 Å². The van der Waals surface area contributed by atoms with E-state index in [0.717, 1.165) is 15.7 Å². The van der Waals surface area contributed by atoms with E-state index in [0.29, 0.717) is 10.6 Å². The van der Waals surface area contributed by atoms with Crippen LogP contribution < -0.4 is 0 Å². The average molecular weight is 268 g/mol. The summed E-state index contributed by atoms with van der Waals surface area (Å²) >= 11 is 9.14. The third-order valence-electron chi connectivity index (χ3n) is 1.87. The number of hydrogen-bond donors (Lipinski definition) is 0. The van der Waals surface area contributed by atoms with Gasteiger partial charge in [-0.2, -0.15) is 5.26 Å². The van der Waals surface area contributed by atoms with Crippen molar-refractivity contribution in [1.29, 1.82) is 5.26 Å². The van der Waals surface area contributed by atoms with Gasteiger partial charge in [-0.25, -0.2) is 0 Å². The van der Waals surface area contributed by atoms with Crippen molar-refractivity contribution in [3.63, 3.8) is 0 Å². The fourth-order valence-electron chi connectivity index (χ4n) is 1.10. The monoisotopic (exact) mass is 267 g/mol. The molecule has 1 heterocycles. The molecule has 0 bridgehead atoms. The van der Waals surface area contributed by atoms with Gasteiger partial charge in [0.05, 0.1) is 11.6 Å². The zero-order valence-corrected chi connectivity index (χ0v) is 10.4. The van der Waals surface area contributed by atoms with Crippen molar-refractivity contribution in [2.45, 2.75) is 10.1 Å². The van der Waals surface area contributed by atoms with Crippen molar-refractivity contribution in [2.24, 2.45) is 0 Å². The molecule has 16 heavy (non-hydrogen) atoms. The Morgan fingerprint density at radius 2 is 2.38 bits per heavy atom. The van der Waals surface area contributed by atoms with E-state index >= 15 is 0 Å². The minimum absolute atomic E-state index is 0.578. The number of nitrogens with zero attached hydrogens (tertiary/aromatic N) is 3. The van der Waals surface area contributed by atoms with Crippen LogP contribution in [-0.2, 0) is 5.75 Å². The Morgan fingerprint density at radius 3 is 3.00 bits per heavy atom. The molecule has 0 saturated carbocycles. The highest BCUT2D eigenvalue weighted by molar-refractivity contribution is 8.00. The quantitative estimate of drug-likeness (QED) is 0.800. The van der Waals surface area contributed by atoms with Gasteiger partial charge in [0.1, 0.15) is 5.51 Å². The van der Waals surface area contributed by atoms with Crippen molar-refractivity contribution in [2.75, 3.05) is 0 Å². The maximum Gasteiger partial charge on any atom is 0.174 e. The van der Waals surface area contributed by atoms with E-state index in [9.17, 15) is 0 Å². The molecule has 0 radical (unpaired) electrons. The van der Waals surface area contributed by atoms with Crippen molar-refractivity contribution >= 4 is 34.7 Å². The van der Waals surface area contributed by atoms with Crippen LogP contribution in [0.5, 0.6) is 0 Å². The van der Waals surface area contributed by atoms with E-state index in [2.05, 4.69) is 16.3 Å². The topological polar surface area (TPSA) is 49.6 Å². The van der Waals surface area contributed by atoms with E-state index in [4.69, 9.17) is 16.9 Å². The smallest absolute Gasteiger partial charge is 0.174 e. The van der Waals surface area contributed by atoms with Crippen molar-refractivity contribution in [3.05, 3.63) is 39.9 Å². The lowest BCUT2D eigenvalue weighted by Crippen LogP contribution is -1.84. The SMILES string of the molecule is N#Cc1ccc(CSc2nncs2)c(Cl)c1. The molecule has 1 aromatic heterocycles. The zero-order chi connectivity index (χ0) is 11.4. The van der Waals surface area contributed by atoms with Crippen molar-refractivity contribution < 1.29 is 0 Å². The molecular weight excluding hydrogens is 262 g/mol. The molecule has 0 spiro atoms. The van der Waals surface area contributed by atoms with E-state index in [1.807, 2.05) is 6.07 Å². The van der Waals surface area contributed by atoms with Crippen LogP contribution in [0, 0.1) is 11.3 Å². The van der Waals surface area contributed by atoms with Crippen LogP contribution in [-0.4, -0.2) is 10.2 Å². The summed E-state index contributed by atoms with van der Waals surface area (Å²) in [6, 6.07) is 7.37. The number of thioether (sulfide) groups is 1. The summed E-state index contributed by atoms with van der Waals surface area (Å²) in [7, 11) is 0. The highest BCUT2D eigenvalue weighted by Crippen LogP contribution is 2.27. The van der Waals surface area contributed by atoms with Crippen molar-refractivity contribution in [3.8, 4) is 6.07 Å². The lowest BCUT2D eigenvalue weighted by atomic mass is 10.2. The molecular formula is C10H6ClN3S2. The lowest BCUT2D eigenvalue weighted by Gasteiger charge is -2.02. The molecule has 0 fully saturated rings. The van der Waals surface area contributed by atoms with Gasteiger partial charge in [0.2, 0.25) is 0 Å². The number of aromatic nitrogens is 2. The van der Waals surface area contributed by atoms with E-state index < -0.39 is 0 Å². The fourth-order valence-corrected chi connectivity index (χ4v) is 2.92. The first-order valence-electron chi connectivity index (χ1n) is 4.37. The van der Waals surface area contributed by atoms with E-state index in [1.54, 1.807) is 29.4 Å². The van der Waals surface area contributed by atoms with Gasteiger partial charge in [-0.15, -0.1) is 10.2 Å². The molecule has 0 amide bonds. The highest BCUT2D eigenvalue weighted by Gasteiger charge is 2.04. The summed E-state index contributed by atoms with van der Waals surface area (Å²) in [5.74, 6) is 0.736. The first kappa shape index (κ1) is 11.4.